The predicted octanol–water partition coefficient (Wildman–Crippen LogP) is 2.06. The van der Waals surface area contributed by atoms with Crippen molar-refractivity contribution >= 4 is 0 Å². The van der Waals surface area contributed by atoms with Gasteiger partial charge in [-0.25, -0.2) is 0 Å². The first-order valence-corrected chi connectivity index (χ1v) is 8.24. The fraction of sp³-hybridized carbons (Fsp3) is 1.00. The maximum Gasteiger partial charge on any atom is 0.0338 e. The van der Waals surface area contributed by atoms with Crippen LogP contribution in [-0.4, -0.2) is 54.1 Å². The minimum absolute atomic E-state index is 0.302. The van der Waals surface area contributed by atoms with Crippen molar-refractivity contribution in [3.05, 3.63) is 0 Å². The first-order valence-electron chi connectivity index (χ1n) is 8.24. The SMILES string of the molecule is CC1(C)CCCC(CN)(N2CCN3CCCC3C2)C1. The van der Waals surface area contributed by atoms with Gasteiger partial charge >= 0.3 is 0 Å². The molecule has 3 nitrogen and oxygen atoms in total. The van der Waals surface area contributed by atoms with Crippen molar-refractivity contribution in [3.63, 3.8) is 0 Å². The molecular weight excluding hydrogens is 234 g/mol. The third-order valence-electron chi connectivity index (χ3n) is 5.94. The van der Waals surface area contributed by atoms with E-state index in [1.54, 1.807) is 0 Å². The molecule has 1 aliphatic carbocycles. The summed E-state index contributed by atoms with van der Waals surface area (Å²) >= 11 is 0. The van der Waals surface area contributed by atoms with E-state index in [2.05, 4.69) is 23.6 Å². The molecule has 3 rings (SSSR count). The standard InChI is InChI=1S/C16H31N3/c1-15(2)6-4-7-16(12-15,13-17)19-10-9-18-8-3-5-14(18)11-19/h14H,3-13,17H2,1-2H3. The van der Waals surface area contributed by atoms with Crippen LogP contribution in [0.15, 0.2) is 0 Å². The van der Waals surface area contributed by atoms with Crippen molar-refractivity contribution < 1.29 is 0 Å². The molecule has 110 valence electrons. The van der Waals surface area contributed by atoms with E-state index in [1.165, 1.54) is 64.7 Å². The van der Waals surface area contributed by atoms with Gasteiger partial charge in [-0.2, -0.15) is 0 Å². The summed E-state index contributed by atoms with van der Waals surface area (Å²) in [7, 11) is 0. The van der Waals surface area contributed by atoms with Gasteiger partial charge in [0.2, 0.25) is 0 Å². The Labute approximate surface area is 118 Å². The highest BCUT2D eigenvalue weighted by molar-refractivity contribution is 5.02. The highest BCUT2D eigenvalue weighted by Crippen LogP contribution is 2.44. The largest absolute Gasteiger partial charge is 0.329 e. The smallest absolute Gasteiger partial charge is 0.0338 e. The summed E-state index contributed by atoms with van der Waals surface area (Å²) in [5, 5.41) is 0. The zero-order chi connectivity index (χ0) is 13.5. The van der Waals surface area contributed by atoms with Crippen LogP contribution in [0.1, 0.15) is 52.4 Å². The summed E-state index contributed by atoms with van der Waals surface area (Å²) in [6, 6.07) is 0.821. The van der Waals surface area contributed by atoms with E-state index >= 15 is 0 Å². The number of hydrogen-bond acceptors (Lipinski definition) is 3. The van der Waals surface area contributed by atoms with E-state index in [1.807, 2.05) is 0 Å². The van der Waals surface area contributed by atoms with E-state index in [9.17, 15) is 0 Å². The van der Waals surface area contributed by atoms with Crippen LogP contribution in [0.4, 0.5) is 0 Å². The molecule has 2 heterocycles. The first-order chi connectivity index (χ1) is 9.05. The number of rotatable bonds is 2. The summed E-state index contributed by atoms with van der Waals surface area (Å²) in [6.07, 6.45) is 8.15. The fourth-order valence-corrected chi connectivity index (χ4v) is 4.96. The second-order valence-electron chi connectivity index (χ2n) is 7.90. The Balaban J connectivity index is 1.74. The number of fused-ring (bicyclic) bond motifs is 1. The topological polar surface area (TPSA) is 32.5 Å². The van der Waals surface area contributed by atoms with E-state index in [0.717, 1.165) is 12.6 Å². The lowest BCUT2D eigenvalue weighted by molar-refractivity contribution is -0.0304. The number of nitrogens with two attached hydrogens (primary N) is 1. The quantitative estimate of drug-likeness (QED) is 0.829. The number of hydrogen-bond donors (Lipinski definition) is 1. The van der Waals surface area contributed by atoms with Gasteiger partial charge in [-0.1, -0.05) is 20.3 Å². The minimum atomic E-state index is 0.302. The van der Waals surface area contributed by atoms with Crippen molar-refractivity contribution in [1.82, 2.24) is 9.80 Å². The van der Waals surface area contributed by atoms with E-state index in [-0.39, 0.29) is 0 Å². The molecule has 3 fully saturated rings. The van der Waals surface area contributed by atoms with E-state index in [0.29, 0.717) is 11.0 Å². The molecule has 2 aliphatic heterocycles. The average Bonchev–Trinajstić information content (AvgIpc) is 2.84. The van der Waals surface area contributed by atoms with Crippen molar-refractivity contribution in [2.45, 2.75) is 64.0 Å². The fourth-order valence-electron chi connectivity index (χ4n) is 4.96. The Morgan fingerprint density at radius 3 is 2.68 bits per heavy atom. The molecular formula is C16H31N3. The van der Waals surface area contributed by atoms with Gasteiger partial charge in [0.15, 0.2) is 0 Å². The Bertz CT molecular complexity index is 328. The molecule has 19 heavy (non-hydrogen) atoms. The molecule has 3 aliphatic rings. The first kappa shape index (κ1) is 13.8. The van der Waals surface area contributed by atoms with Crippen molar-refractivity contribution in [2.75, 3.05) is 32.7 Å². The van der Waals surface area contributed by atoms with Crippen LogP contribution in [0, 0.1) is 5.41 Å². The van der Waals surface area contributed by atoms with Gasteiger partial charge in [0.25, 0.3) is 0 Å². The molecule has 2 N–H and O–H groups in total. The van der Waals surface area contributed by atoms with Gasteiger partial charge in [-0.15, -0.1) is 0 Å². The molecule has 0 spiro atoms. The molecule has 3 heteroatoms. The number of piperazine rings is 1. The summed E-state index contributed by atoms with van der Waals surface area (Å²) < 4.78 is 0. The van der Waals surface area contributed by atoms with E-state index in [4.69, 9.17) is 5.73 Å². The summed E-state index contributed by atoms with van der Waals surface area (Å²) in [5.41, 5.74) is 7.05. The lowest BCUT2D eigenvalue weighted by Gasteiger charge is -2.54. The highest BCUT2D eigenvalue weighted by atomic mass is 15.3. The van der Waals surface area contributed by atoms with Crippen LogP contribution in [0.2, 0.25) is 0 Å². The maximum absolute atomic E-state index is 6.27. The monoisotopic (exact) mass is 265 g/mol. The molecule has 0 radical (unpaired) electrons. The lowest BCUT2D eigenvalue weighted by Crippen LogP contribution is -2.64. The third kappa shape index (κ3) is 2.57. The Morgan fingerprint density at radius 2 is 1.95 bits per heavy atom. The van der Waals surface area contributed by atoms with Crippen molar-refractivity contribution in [1.29, 1.82) is 0 Å². The van der Waals surface area contributed by atoms with Gasteiger partial charge in [-0.3, -0.25) is 9.80 Å². The Hall–Kier alpha value is -0.120. The predicted molar refractivity (Wildman–Crippen MR) is 80.2 cm³/mol. The summed E-state index contributed by atoms with van der Waals surface area (Å²) in [5.74, 6) is 0. The molecule has 0 aromatic rings. The molecule has 2 saturated heterocycles. The van der Waals surface area contributed by atoms with Gasteiger partial charge in [0, 0.05) is 37.8 Å². The van der Waals surface area contributed by atoms with Crippen LogP contribution < -0.4 is 5.73 Å². The second-order valence-corrected chi connectivity index (χ2v) is 7.90. The number of nitrogens with zero attached hydrogens (tertiary/aromatic N) is 2. The minimum Gasteiger partial charge on any atom is -0.329 e. The third-order valence-corrected chi connectivity index (χ3v) is 5.94. The molecule has 1 saturated carbocycles. The molecule has 0 aromatic heterocycles. The average molecular weight is 265 g/mol. The van der Waals surface area contributed by atoms with Crippen molar-refractivity contribution in [3.8, 4) is 0 Å². The lowest BCUT2D eigenvalue weighted by atomic mass is 9.67. The molecule has 2 unspecified atom stereocenters. The van der Waals surface area contributed by atoms with Gasteiger partial charge in [0.05, 0.1) is 0 Å². The zero-order valence-electron chi connectivity index (χ0n) is 12.8. The molecule has 0 amide bonds. The zero-order valence-corrected chi connectivity index (χ0v) is 12.8. The van der Waals surface area contributed by atoms with Crippen LogP contribution in [0.5, 0.6) is 0 Å². The van der Waals surface area contributed by atoms with Gasteiger partial charge in [0.1, 0.15) is 0 Å². The molecule has 2 atom stereocenters. The maximum atomic E-state index is 6.27. The highest BCUT2D eigenvalue weighted by Gasteiger charge is 2.45. The van der Waals surface area contributed by atoms with Gasteiger partial charge in [-0.05, 0) is 44.1 Å². The molecule has 0 bridgehead atoms. The normalized spacial score (nSPS) is 40.3. The van der Waals surface area contributed by atoms with Crippen LogP contribution in [-0.2, 0) is 0 Å². The second kappa shape index (κ2) is 5.01. The summed E-state index contributed by atoms with van der Waals surface area (Å²) in [4.78, 5) is 5.48. The van der Waals surface area contributed by atoms with Crippen LogP contribution in [0.25, 0.3) is 0 Å². The van der Waals surface area contributed by atoms with Crippen LogP contribution in [0.3, 0.4) is 0 Å². The van der Waals surface area contributed by atoms with E-state index < -0.39 is 0 Å². The molecule has 0 aromatic carbocycles. The van der Waals surface area contributed by atoms with Crippen LogP contribution >= 0.6 is 0 Å². The Morgan fingerprint density at radius 1 is 1.11 bits per heavy atom. The summed E-state index contributed by atoms with van der Waals surface area (Å²) in [6.45, 7) is 10.8. The van der Waals surface area contributed by atoms with Gasteiger partial charge < -0.3 is 5.73 Å². The van der Waals surface area contributed by atoms with Crippen molar-refractivity contribution in [2.24, 2.45) is 11.1 Å². The Kier molecular flexibility index (Phi) is 3.65.